The van der Waals surface area contributed by atoms with Gasteiger partial charge in [-0.2, -0.15) is 0 Å². The normalized spacial score (nSPS) is 12.8. The van der Waals surface area contributed by atoms with Crippen molar-refractivity contribution in [2.24, 2.45) is 0 Å². The minimum atomic E-state index is -0.0507. The lowest BCUT2D eigenvalue weighted by Gasteiger charge is -2.25. The summed E-state index contributed by atoms with van der Waals surface area (Å²) in [7, 11) is 0. The van der Waals surface area contributed by atoms with E-state index in [9.17, 15) is 4.79 Å². The molecule has 0 aliphatic carbocycles. The standard InChI is InChI=1S/C37H45N5O3/c1-3-5-22-44-23-24-45-35-15-10-30(11-16-35)31-12-17-36-33(25-31)26-32(18-21-42(36)19-4-2)37(43)40-34-13-8-29(9-14-34)7-6-20-41-27-38-39-28-41/h8-17,25-28H,3-7,18-24H2,1-2H3,(H,40,43). The molecule has 0 fully saturated rings. The molecule has 0 atom stereocenters. The molecule has 3 aromatic carbocycles. The summed E-state index contributed by atoms with van der Waals surface area (Å²) in [6, 6.07) is 22.9. The molecule has 1 aliphatic heterocycles. The maximum absolute atomic E-state index is 13.5. The van der Waals surface area contributed by atoms with Crippen molar-refractivity contribution in [1.29, 1.82) is 0 Å². The third kappa shape index (κ3) is 9.28. The monoisotopic (exact) mass is 607 g/mol. The number of ether oxygens (including phenoxy) is 2. The molecule has 1 aromatic heterocycles. The van der Waals surface area contributed by atoms with E-state index in [0.717, 1.165) is 92.0 Å². The molecule has 0 saturated carbocycles. The average Bonchev–Trinajstić information content (AvgIpc) is 3.52. The van der Waals surface area contributed by atoms with Crippen LogP contribution in [0.25, 0.3) is 17.2 Å². The van der Waals surface area contributed by atoms with Crippen LogP contribution in [-0.4, -0.2) is 53.6 Å². The molecule has 236 valence electrons. The van der Waals surface area contributed by atoms with Crippen LogP contribution in [0.3, 0.4) is 0 Å². The molecular formula is C37H45N5O3. The fourth-order valence-electron chi connectivity index (χ4n) is 5.53. The van der Waals surface area contributed by atoms with E-state index in [4.69, 9.17) is 9.47 Å². The zero-order valence-corrected chi connectivity index (χ0v) is 26.6. The molecule has 0 spiro atoms. The van der Waals surface area contributed by atoms with Crippen LogP contribution in [-0.2, 0) is 22.5 Å². The van der Waals surface area contributed by atoms with Crippen LogP contribution < -0.4 is 15.0 Å². The van der Waals surface area contributed by atoms with Crippen LogP contribution in [0.5, 0.6) is 5.75 Å². The molecular weight excluding hydrogens is 562 g/mol. The number of carbonyl (C=O) groups is 1. The van der Waals surface area contributed by atoms with Crippen LogP contribution in [0.15, 0.2) is 85.0 Å². The average molecular weight is 608 g/mol. The van der Waals surface area contributed by atoms with E-state index in [0.29, 0.717) is 19.6 Å². The van der Waals surface area contributed by atoms with Gasteiger partial charge in [0.25, 0.3) is 5.91 Å². The number of nitrogens with one attached hydrogen (secondary N) is 1. The Hall–Kier alpha value is -4.43. The van der Waals surface area contributed by atoms with E-state index in [2.05, 4.69) is 82.8 Å². The molecule has 1 amide bonds. The largest absolute Gasteiger partial charge is 0.491 e. The number of fused-ring (bicyclic) bond motifs is 1. The van der Waals surface area contributed by atoms with Crippen molar-refractivity contribution in [2.45, 2.75) is 58.9 Å². The first-order valence-electron chi connectivity index (χ1n) is 16.3. The van der Waals surface area contributed by atoms with Crippen LogP contribution in [0.2, 0.25) is 0 Å². The summed E-state index contributed by atoms with van der Waals surface area (Å²) in [6.07, 6.45) is 11.4. The second-order valence-corrected chi connectivity index (χ2v) is 11.5. The Balaban J connectivity index is 1.24. The number of hydrogen-bond donors (Lipinski definition) is 1. The lowest BCUT2D eigenvalue weighted by molar-refractivity contribution is -0.112. The SMILES string of the molecule is CCCCOCCOc1ccc(-c2ccc3c(c2)C=C(C(=O)Nc2ccc(CCCn4cnnc4)cc2)CCN3CCC)cc1. The first kappa shape index (κ1) is 32.0. The van der Waals surface area contributed by atoms with Gasteiger partial charge in [-0.25, -0.2) is 0 Å². The minimum absolute atomic E-state index is 0.0507. The number of hydrogen-bond acceptors (Lipinski definition) is 6. The summed E-state index contributed by atoms with van der Waals surface area (Å²) in [5, 5.41) is 10.8. The van der Waals surface area contributed by atoms with Crippen molar-refractivity contribution in [3.05, 3.63) is 96.1 Å². The predicted octanol–water partition coefficient (Wildman–Crippen LogP) is 7.42. The maximum atomic E-state index is 13.5. The summed E-state index contributed by atoms with van der Waals surface area (Å²) < 4.78 is 13.4. The van der Waals surface area contributed by atoms with E-state index >= 15 is 0 Å². The van der Waals surface area contributed by atoms with E-state index in [-0.39, 0.29) is 5.91 Å². The third-order valence-electron chi connectivity index (χ3n) is 8.02. The fourth-order valence-corrected chi connectivity index (χ4v) is 5.53. The van der Waals surface area contributed by atoms with Crippen molar-refractivity contribution in [1.82, 2.24) is 14.8 Å². The summed E-state index contributed by atoms with van der Waals surface area (Å²) in [4.78, 5) is 15.9. The molecule has 8 nitrogen and oxygen atoms in total. The number of amides is 1. The Labute approximate surface area is 267 Å². The predicted molar refractivity (Wildman–Crippen MR) is 182 cm³/mol. The van der Waals surface area contributed by atoms with Crippen LogP contribution in [0.4, 0.5) is 11.4 Å². The highest BCUT2D eigenvalue weighted by molar-refractivity contribution is 6.07. The van der Waals surface area contributed by atoms with Gasteiger partial charge in [0.05, 0.1) is 6.61 Å². The highest BCUT2D eigenvalue weighted by Gasteiger charge is 2.20. The van der Waals surface area contributed by atoms with Crippen LogP contribution in [0.1, 0.15) is 57.1 Å². The van der Waals surface area contributed by atoms with Crippen molar-refractivity contribution in [2.75, 3.05) is 43.1 Å². The van der Waals surface area contributed by atoms with E-state index < -0.39 is 0 Å². The van der Waals surface area contributed by atoms with Crippen molar-refractivity contribution < 1.29 is 14.3 Å². The molecule has 1 N–H and O–H groups in total. The molecule has 45 heavy (non-hydrogen) atoms. The molecule has 0 radical (unpaired) electrons. The number of nitrogens with zero attached hydrogens (tertiary/aromatic N) is 4. The summed E-state index contributed by atoms with van der Waals surface area (Å²) in [5.74, 6) is 0.783. The minimum Gasteiger partial charge on any atom is -0.491 e. The Morgan fingerprint density at radius 3 is 2.38 bits per heavy atom. The maximum Gasteiger partial charge on any atom is 0.251 e. The molecule has 0 bridgehead atoms. The first-order chi connectivity index (χ1) is 22.1. The van der Waals surface area contributed by atoms with Gasteiger partial charge < -0.3 is 24.3 Å². The lowest BCUT2D eigenvalue weighted by atomic mass is 10.00. The summed E-state index contributed by atoms with van der Waals surface area (Å²) in [6.45, 7) is 8.91. The fraction of sp³-hybridized carbons (Fsp3) is 0.378. The number of carbonyl (C=O) groups excluding carboxylic acids is 1. The smallest absolute Gasteiger partial charge is 0.251 e. The number of benzene rings is 3. The highest BCUT2D eigenvalue weighted by atomic mass is 16.5. The van der Waals surface area contributed by atoms with Gasteiger partial charge in [0.2, 0.25) is 0 Å². The molecule has 0 unspecified atom stereocenters. The van der Waals surface area contributed by atoms with Crippen molar-refractivity contribution >= 4 is 23.4 Å². The van der Waals surface area contributed by atoms with Gasteiger partial charge >= 0.3 is 0 Å². The van der Waals surface area contributed by atoms with Crippen LogP contribution in [0, 0.1) is 0 Å². The van der Waals surface area contributed by atoms with Gasteiger partial charge in [-0.15, -0.1) is 10.2 Å². The van der Waals surface area contributed by atoms with Gasteiger partial charge in [0, 0.05) is 43.2 Å². The summed E-state index contributed by atoms with van der Waals surface area (Å²) >= 11 is 0. The topological polar surface area (TPSA) is 81.5 Å². The van der Waals surface area contributed by atoms with Crippen molar-refractivity contribution in [3.63, 3.8) is 0 Å². The zero-order valence-electron chi connectivity index (χ0n) is 26.6. The third-order valence-corrected chi connectivity index (χ3v) is 8.02. The molecule has 8 heteroatoms. The number of anilines is 2. The number of unbranched alkanes of at least 4 members (excludes halogenated alkanes) is 1. The van der Waals surface area contributed by atoms with E-state index in [1.165, 1.54) is 11.3 Å². The van der Waals surface area contributed by atoms with Gasteiger partial charge in [0.15, 0.2) is 0 Å². The van der Waals surface area contributed by atoms with Gasteiger partial charge in [-0.05, 0) is 96.8 Å². The molecule has 0 saturated heterocycles. The van der Waals surface area contributed by atoms with Gasteiger partial charge in [0.1, 0.15) is 25.0 Å². The Morgan fingerprint density at radius 1 is 0.844 bits per heavy atom. The quantitative estimate of drug-likeness (QED) is 0.134. The molecule has 5 rings (SSSR count). The molecule has 4 aromatic rings. The van der Waals surface area contributed by atoms with E-state index in [1.54, 1.807) is 12.7 Å². The molecule has 2 heterocycles. The Bertz CT molecular complexity index is 1510. The zero-order chi connectivity index (χ0) is 31.3. The van der Waals surface area contributed by atoms with E-state index in [1.807, 2.05) is 28.8 Å². The lowest BCUT2D eigenvalue weighted by Crippen LogP contribution is -2.26. The van der Waals surface area contributed by atoms with Gasteiger partial charge in [-0.3, -0.25) is 4.79 Å². The number of aromatic nitrogens is 3. The Kier molecular flexibility index (Phi) is 11.8. The molecule has 1 aliphatic rings. The van der Waals surface area contributed by atoms with Crippen molar-refractivity contribution in [3.8, 4) is 16.9 Å². The first-order valence-corrected chi connectivity index (χ1v) is 16.3. The second kappa shape index (κ2) is 16.6. The second-order valence-electron chi connectivity index (χ2n) is 11.5. The Morgan fingerprint density at radius 2 is 1.62 bits per heavy atom. The highest BCUT2D eigenvalue weighted by Crippen LogP contribution is 2.33. The van der Waals surface area contributed by atoms with Crippen LogP contribution >= 0.6 is 0 Å². The number of aryl methyl sites for hydroxylation is 2. The van der Waals surface area contributed by atoms with Gasteiger partial charge in [-0.1, -0.05) is 50.6 Å². The number of rotatable bonds is 16. The summed E-state index contributed by atoms with van der Waals surface area (Å²) in [5.41, 5.74) is 7.28.